The normalized spacial score (nSPS) is 10.7. The summed E-state index contributed by atoms with van der Waals surface area (Å²) >= 11 is 2.71. The molecular formula is C12H9FN4OS2. The fourth-order valence-corrected chi connectivity index (χ4v) is 2.99. The number of nitrogens with zero attached hydrogens (tertiary/aromatic N) is 3. The van der Waals surface area contributed by atoms with Gasteiger partial charge in [-0.2, -0.15) is 0 Å². The van der Waals surface area contributed by atoms with Gasteiger partial charge in [-0.05, 0) is 12.1 Å². The summed E-state index contributed by atoms with van der Waals surface area (Å²) in [5.74, 6) is -0.175. The van der Waals surface area contributed by atoms with Crippen LogP contribution in [0, 0.1) is 5.82 Å². The summed E-state index contributed by atoms with van der Waals surface area (Å²) in [6.07, 6.45) is 1.69. The van der Waals surface area contributed by atoms with Crippen LogP contribution in [0.25, 0.3) is 9.88 Å². The van der Waals surface area contributed by atoms with Gasteiger partial charge in [0.05, 0.1) is 4.88 Å². The minimum atomic E-state index is -0.388. The Morgan fingerprint density at radius 3 is 2.80 bits per heavy atom. The van der Waals surface area contributed by atoms with Gasteiger partial charge < -0.3 is 10.5 Å². The number of anilines is 1. The maximum absolute atomic E-state index is 13.4. The molecule has 102 valence electrons. The monoisotopic (exact) mass is 308 g/mol. The molecule has 3 rings (SSSR count). The third-order valence-corrected chi connectivity index (χ3v) is 4.29. The highest BCUT2D eigenvalue weighted by Crippen LogP contribution is 2.30. The van der Waals surface area contributed by atoms with E-state index >= 15 is 0 Å². The average molecular weight is 308 g/mol. The molecule has 0 saturated heterocycles. The number of aromatic nitrogens is 3. The van der Waals surface area contributed by atoms with Crippen LogP contribution >= 0.6 is 22.7 Å². The topological polar surface area (TPSA) is 73.9 Å². The first-order valence-electron chi connectivity index (χ1n) is 5.64. The molecule has 1 aromatic carbocycles. The van der Waals surface area contributed by atoms with E-state index in [1.165, 1.54) is 28.7 Å². The second-order valence-corrected chi connectivity index (χ2v) is 5.91. The van der Waals surface area contributed by atoms with Crippen molar-refractivity contribution in [2.45, 2.75) is 6.61 Å². The van der Waals surface area contributed by atoms with Crippen molar-refractivity contribution in [3.63, 3.8) is 0 Å². The van der Waals surface area contributed by atoms with Crippen molar-refractivity contribution in [1.29, 1.82) is 0 Å². The second kappa shape index (κ2) is 5.51. The number of para-hydroxylation sites is 1. The smallest absolute Gasteiger partial charge is 0.203 e. The van der Waals surface area contributed by atoms with E-state index in [2.05, 4.69) is 15.2 Å². The zero-order valence-corrected chi connectivity index (χ0v) is 11.7. The molecule has 0 spiro atoms. The minimum absolute atomic E-state index is 0.208. The lowest BCUT2D eigenvalue weighted by Gasteiger charge is -2.04. The average Bonchev–Trinajstić information content (AvgIpc) is 3.06. The Kier molecular flexibility index (Phi) is 3.57. The number of rotatable bonds is 4. The number of nitrogens with two attached hydrogens (primary N) is 1. The van der Waals surface area contributed by atoms with Crippen LogP contribution in [0.5, 0.6) is 5.75 Å². The third-order valence-electron chi connectivity index (χ3n) is 2.39. The van der Waals surface area contributed by atoms with Gasteiger partial charge in [0.2, 0.25) is 5.13 Å². The van der Waals surface area contributed by atoms with Crippen molar-refractivity contribution >= 4 is 27.8 Å². The molecule has 0 atom stereocenters. The highest BCUT2D eigenvalue weighted by Gasteiger charge is 2.10. The number of thiazole rings is 1. The summed E-state index contributed by atoms with van der Waals surface area (Å²) in [5.41, 5.74) is 5.54. The molecule has 0 saturated carbocycles. The number of benzene rings is 1. The zero-order chi connectivity index (χ0) is 13.9. The van der Waals surface area contributed by atoms with Gasteiger partial charge in [-0.15, -0.1) is 21.5 Å². The molecule has 2 heterocycles. The summed E-state index contributed by atoms with van der Waals surface area (Å²) in [7, 11) is 0. The second-order valence-electron chi connectivity index (χ2n) is 3.78. The van der Waals surface area contributed by atoms with Crippen molar-refractivity contribution in [1.82, 2.24) is 15.2 Å². The molecule has 2 aromatic heterocycles. The number of ether oxygens (including phenoxy) is 1. The number of hydrogen-bond donors (Lipinski definition) is 1. The van der Waals surface area contributed by atoms with Crippen LogP contribution in [-0.2, 0) is 6.61 Å². The molecule has 0 unspecified atom stereocenters. The van der Waals surface area contributed by atoms with Gasteiger partial charge >= 0.3 is 0 Å². The first-order chi connectivity index (χ1) is 9.72. The molecule has 3 aromatic rings. The molecule has 2 N–H and O–H groups in total. The molecule has 0 aliphatic rings. The molecule has 0 amide bonds. The van der Waals surface area contributed by atoms with Crippen molar-refractivity contribution in [2.75, 3.05) is 5.73 Å². The third kappa shape index (κ3) is 2.75. The Hall–Kier alpha value is -2.06. The van der Waals surface area contributed by atoms with Gasteiger partial charge in [0.15, 0.2) is 16.6 Å². The molecule has 0 bridgehead atoms. The summed E-state index contributed by atoms with van der Waals surface area (Å²) in [6, 6.07) is 6.27. The predicted octanol–water partition coefficient (Wildman–Crippen LogP) is 2.96. The number of halogens is 1. The SMILES string of the molecule is Nc1nnc(-c2cnc(COc3ccccc3F)s2)s1. The quantitative estimate of drug-likeness (QED) is 0.802. The lowest BCUT2D eigenvalue weighted by atomic mass is 10.3. The zero-order valence-electron chi connectivity index (χ0n) is 10.1. The first kappa shape index (κ1) is 12.9. The van der Waals surface area contributed by atoms with E-state index in [9.17, 15) is 4.39 Å². The predicted molar refractivity (Wildman–Crippen MR) is 76.2 cm³/mol. The van der Waals surface area contributed by atoms with Crippen LogP contribution in [0.2, 0.25) is 0 Å². The van der Waals surface area contributed by atoms with Gasteiger partial charge in [0.1, 0.15) is 11.6 Å². The van der Waals surface area contributed by atoms with Crippen LogP contribution in [-0.4, -0.2) is 15.2 Å². The van der Waals surface area contributed by atoms with E-state index in [1.807, 2.05) is 0 Å². The fourth-order valence-electron chi connectivity index (χ4n) is 1.51. The Labute approximate surface area is 121 Å². The molecular weight excluding hydrogens is 299 g/mol. The number of nitrogen functional groups attached to an aromatic ring is 1. The molecule has 0 fully saturated rings. The summed E-state index contributed by atoms with van der Waals surface area (Å²) in [6.45, 7) is 0.208. The maximum Gasteiger partial charge on any atom is 0.203 e. The number of hydrogen-bond acceptors (Lipinski definition) is 7. The molecule has 0 aliphatic carbocycles. The van der Waals surface area contributed by atoms with Gasteiger partial charge in [0.25, 0.3) is 0 Å². The van der Waals surface area contributed by atoms with E-state index in [1.54, 1.807) is 24.4 Å². The van der Waals surface area contributed by atoms with Crippen LogP contribution in [0.15, 0.2) is 30.5 Å². The van der Waals surface area contributed by atoms with Crippen LogP contribution < -0.4 is 10.5 Å². The molecule has 0 aliphatic heterocycles. The molecule has 20 heavy (non-hydrogen) atoms. The summed E-state index contributed by atoms with van der Waals surface area (Å²) in [5, 5.41) is 9.56. The van der Waals surface area contributed by atoms with Crippen LogP contribution in [0.1, 0.15) is 5.01 Å². The van der Waals surface area contributed by atoms with Crippen molar-refractivity contribution in [3.05, 3.63) is 41.3 Å². The van der Waals surface area contributed by atoms with Gasteiger partial charge in [-0.3, -0.25) is 0 Å². The Morgan fingerprint density at radius 2 is 2.05 bits per heavy atom. The van der Waals surface area contributed by atoms with E-state index in [4.69, 9.17) is 10.5 Å². The van der Waals surface area contributed by atoms with Crippen molar-refractivity contribution in [3.8, 4) is 15.6 Å². The van der Waals surface area contributed by atoms with Crippen molar-refractivity contribution < 1.29 is 9.13 Å². The molecule has 8 heteroatoms. The van der Waals surface area contributed by atoms with Gasteiger partial charge in [-0.25, -0.2) is 9.37 Å². The lowest BCUT2D eigenvalue weighted by Crippen LogP contribution is -1.96. The molecule has 5 nitrogen and oxygen atoms in total. The Balaban J connectivity index is 1.70. The summed E-state index contributed by atoms with van der Waals surface area (Å²) in [4.78, 5) is 5.08. The molecule has 0 radical (unpaired) electrons. The first-order valence-corrected chi connectivity index (χ1v) is 7.27. The lowest BCUT2D eigenvalue weighted by molar-refractivity contribution is 0.290. The highest BCUT2D eigenvalue weighted by molar-refractivity contribution is 7.23. The maximum atomic E-state index is 13.4. The largest absolute Gasteiger partial charge is 0.483 e. The summed E-state index contributed by atoms with van der Waals surface area (Å²) < 4.78 is 18.8. The standard InChI is InChI=1S/C12H9FN4OS2/c13-7-3-1-2-4-8(7)18-6-10-15-5-9(19-10)11-16-17-12(14)20-11/h1-5H,6H2,(H2,14,17). The van der Waals surface area contributed by atoms with Gasteiger partial charge in [-0.1, -0.05) is 23.5 Å². The van der Waals surface area contributed by atoms with E-state index in [0.717, 1.165) is 14.9 Å². The minimum Gasteiger partial charge on any atom is -0.483 e. The van der Waals surface area contributed by atoms with E-state index in [-0.39, 0.29) is 18.2 Å². The van der Waals surface area contributed by atoms with E-state index < -0.39 is 0 Å². The Bertz CT molecular complexity index is 728. The Morgan fingerprint density at radius 1 is 1.20 bits per heavy atom. The van der Waals surface area contributed by atoms with Crippen molar-refractivity contribution in [2.24, 2.45) is 0 Å². The highest BCUT2D eigenvalue weighted by atomic mass is 32.1. The van der Waals surface area contributed by atoms with Gasteiger partial charge in [0, 0.05) is 6.20 Å². The van der Waals surface area contributed by atoms with Crippen LogP contribution in [0.4, 0.5) is 9.52 Å². The van der Waals surface area contributed by atoms with Crippen LogP contribution in [0.3, 0.4) is 0 Å². The fraction of sp³-hybridized carbons (Fsp3) is 0.0833. The van der Waals surface area contributed by atoms with E-state index in [0.29, 0.717) is 5.13 Å².